The van der Waals surface area contributed by atoms with Gasteiger partial charge in [0, 0.05) is 78.4 Å². The smallest absolute Gasteiger partial charge is 0.346 e. The third-order valence-electron chi connectivity index (χ3n) is 8.05. The molecule has 0 atom stereocenters. The van der Waals surface area contributed by atoms with Crippen LogP contribution in [0.1, 0.15) is 47.8 Å². The highest BCUT2D eigenvalue weighted by molar-refractivity contribution is 8.00. The lowest BCUT2D eigenvalue weighted by Gasteiger charge is -2.34. The van der Waals surface area contributed by atoms with Crippen molar-refractivity contribution < 1.29 is 18.0 Å². The number of aromatic nitrogens is 2. The molecule has 0 bridgehead atoms. The van der Waals surface area contributed by atoms with Gasteiger partial charge in [-0.15, -0.1) is 11.8 Å². The molecule has 11 heteroatoms. The number of fused-ring (bicyclic) bond motifs is 1. The number of benzene rings is 2. The van der Waals surface area contributed by atoms with Gasteiger partial charge in [-0.1, -0.05) is 32.9 Å². The fraction of sp³-hybridized carbons (Fsp3) is 0.394. The molecule has 1 fully saturated rings. The minimum Gasteiger partial charge on any atom is -0.346 e. The first kappa shape index (κ1) is 31.9. The van der Waals surface area contributed by atoms with Gasteiger partial charge in [0.05, 0.1) is 17.4 Å². The van der Waals surface area contributed by atoms with Gasteiger partial charge in [0.25, 0.3) is 5.91 Å². The van der Waals surface area contributed by atoms with Gasteiger partial charge in [-0.25, -0.2) is 4.98 Å². The predicted molar refractivity (Wildman–Crippen MR) is 173 cm³/mol. The van der Waals surface area contributed by atoms with Gasteiger partial charge >= 0.3 is 6.18 Å². The Hall–Kier alpha value is -3.54. The fourth-order valence-corrected chi connectivity index (χ4v) is 6.65. The zero-order chi connectivity index (χ0) is 31.6. The molecule has 0 aliphatic carbocycles. The predicted octanol–water partition coefficient (Wildman–Crippen LogP) is 7.55. The van der Waals surface area contributed by atoms with Crippen molar-refractivity contribution in [3.63, 3.8) is 0 Å². The van der Waals surface area contributed by atoms with Crippen molar-refractivity contribution in [1.29, 1.82) is 0 Å². The van der Waals surface area contributed by atoms with E-state index in [1.807, 2.05) is 54.4 Å². The molecule has 0 unspecified atom stereocenters. The van der Waals surface area contributed by atoms with E-state index in [2.05, 4.69) is 41.0 Å². The normalized spacial score (nSPS) is 14.8. The Kier molecular flexibility index (Phi) is 9.57. The lowest BCUT2D eigenvalue weighted by molar-refractivity contribution is -0.138. The van der Waals surface area contributed by atoms with E-state index in [4.69, 9.17) is 0 Å². The number of nitrogens with zero attached hydrogens (tertiary/aromatic N) is 4. The van der Waals surface area contributed by atoms with E-state index in [0.717, 1.165) is 58.6 Å². The number of amides is 1. The Labute approximate surface area is 260 Å². The topological polar surface area (TPSA) is 67.5 Å². The lowest BCUT2D eigenvalue weighted by Crippen LogP contribution is -2.45. The molecule has 0 radical (unpaired) electrons. The van der Waals surface area contributed by atoms with E-state index >= 15 is 0 Å². The van der Waals surface area contributed by atoms with Crippen LogP contribution in [0.4, 0.5) is 30.2 Å². The minimum atomic E-state index is -4.57. The Morgan fingerprint density at radius 1 is 1.07 bits per heavy atom. The summed E-state index contributed by atoms with van der Waals surface area (Å²) >= 11 is 1.75. The first-order valence-corrected chi connectivity index (χ1v) is 15.8. The van der Waals surface area contributed by atoms with Gasteiger partial charge in [-0.2, -0.15) is 13.2 Å². The molecule has 1 aliphatic heterocycles. The van der Waals surface area contributed by atoms with Crippen molar-refractivity contribution in [2.45, 2.75) is 50.6 Å². The molecule has 1 saturated heterocycles. The van der Waals surface area contributed by atoms with E-state index in [-0.39, 0.29) is 17.7 Å². The molecule has 234 valence electrons. The van der Waals surface area contributed by atoms with Crippen LogP contribution >= 0.6 is 11.8 Å². The number of hydrogen-bond donors (Lipinski definition) is 2. The highest BCUT2D eigenvalue weighted by atomic mass is 32.2. The van der Waals surface area contributed by atoms with Crippen LogP contribution in [0, 0.1) is 6.92 Å². The number of hydrogen-bond acceptors (Lipinski definition) is 6. The second-order valence-electron chi connectivity index (χ2n) is 11.5. The summed E-state index contributed by atoms with van der Waals surface area (Å²) in [6.45, 7) is 12.6. The maximum Gasteiger partial charge on any atom is 0.416 e. The van der Waals surface area contributed by atoms with Crippen LogP contribution in [0.25, 0.3) is 11.0 Å². The number of carbonyl (C=O) groups is 1. The standard InChI is InChI=1S/C33H39F3N6OS/c1-6-41-13-15-42(16-14-41)20-24-9-8-23(17-27(24)33(34,35)36)32(43)39-25-10-7-22(4)28(18-25)40(5)29-19-38-31-26(11-12-37-31)30(29)44-21(2)3/h7-12,17-19,21H,6,13-16,20H2,1-5H3,(H,37,38)(H,39,43). The summed E-state index contributed by atoms with van der Waals surface area (Å²) in [6, 6.07) is 11.4. The number of pyridine rings is 1. The largest absolute Gasteiger partial charge is 0.416 e. The van der Waals surface area contributed by atoms with Crippen LogP contribution < -0.4 is 10.2 Å². The first-order chi connectivity index (χ1) is 20.9. The van der Waals surface area contributed by atoms with E-state index in [0.29, 0.717) is 24.0 Å². The van der Waals surface area contributed by atoms with Crippen molar-refractivity contribution in [2.75, 3.05) is 50.0 Å². The number of thioether (sulfide) groups is 1. The second kappa shape index (κ2) is 13.2. The van der Waals surface area contributed by atoms with Crippen molar-refractivity contribution in [2.24, 2.45) is 0 Å². The Bertz CT molecular complexity index is 1630. The first-order valence-electron chi connectivity index (χ1n) is 14.9. The fourth-order valence-electron chi connectivity index (χ4n) is 5.58. The third kappa shape index (κ3) is 7.06. The number of H-pyrrole nitrogens is 1. The van der Waals surface area contributed by atoms with Gasteiger partial charge < -0.3 is 20.1 Å². The molecule has 0 spiro atoms. The number of likely N-dealkylation sites (N-methyl/N-ethyl adjacent to an activating group) is 1. The second-order valence-corrected chi connectivity index (χ2v) is 13.1. The van der Waals surface area contributed by atoms with Crippen molar-refractivity contribution in [3.05, 3.63) is 77.1 Å². The van der Waals surface area contributed by atoms with Crippen LogP contribution in [0.15, 0.2) is 59.8 Å². The summed E-state index contributed by atoms with van der Waals surface area (Å²) in [5.41, 5.74) is 3.42. The molecular formula is C33H39F3N6OS. The average molecular weight is 625 g/mol. The zero-order valence-electron chi connectivity index (χ0n) is 25.8. The molecule has 1 aliphatic rings. The van der Waals surface area contributed by atoms with Crippen LogP contribution in [0.3, 0.4) is 0 Å². The number of piperazine rings is 1. The SMILES string of the molecule is CCN1CCN(Cc2ccc(C(=O)Nc3ccc(C)c(N(C)c4cnc5[nH]ccc5c4SC(C)C)c3)cc2C(F)(F)F)CC1. The highest BCUT2D eigenvalue weighted by Crippen LogP contribution is 2.41. The average Bonchev–Trinajstić information content (AvgIpc) is 3.47. The molecule has 2 aromatic heterocycles. The van der Waals surface area contributed by atoms with Gasteiger partial charge in [-0.3, -0.25) is 9.69 Å². The van der Waals surface area contributed by atoms with Crippen LogP contribution in [0.2, 0.25) is 0 Å². The van der Waals surface area contributed by atoms with Gasteiger partial charge in [-0.05, 0) is 54.9 Å². The van der Waals surface area contributed by atoms with Crippen LogP contribution in [-0.2, 0) is 12.7 Å². The number of nitrogens with one attached hydrogen (secondary N) is 2. The molecule has 44 heavy (non-hydrogen) atoms. The Morgan fingerprint density at radius 3 is 2.48 bits per heavy atom. The summed E-state index contributed by atoms with van der Waals surface area (Å²) < 4.78 is 42.5. The van der Waals surface area contributed by atoms with Crippen molar-refractivity contribution in [3.8, 4) is 0 Å². The van der Waals surface area contributed by atoms with Crippen molar-refractivity contribution >= 4 is 45.8 Å². The summed E-state index contributed by atoms with van der Waals surface area (Å²) in [6.07, 6.45) is -0.868. The van der Waals surface area contributed by atoms with E-state index in [9.17, 15) is 18.0 Å². The quantitative estimate of drug-likeness (QED) is 0.188. The van der Waals surface area contributed by atoms with E-state index in [1.165, 1.54) is 12.1 Å². The van der Waals surface area contributed by atoms with E-state index in [1.54, 1.807) is 17.8 Å². The maximum atomic E-state index is 14.2. The summed E-state index contributed by atoms with van der Waals surface area (Å²) in [7, 11) is 1.95. The van der Waals surface area contributed by atoms with Gasteiger partial charge in [0.15, 0.2) is 0 Å². The number of carbonyl (C=O) groups excluding carboxylic acids is 1. The number of alkyl halides is 3. The summed E-state index contributed by atoms with van der Waals surface area (Å²) in [5.74, 6) is -0.595. The molecule has 1 amide bonds. The highest BCUT2D eigenvalue weighted by Gasteiger charge is 2.35. The summed E-state index contributed by atoms with van der Waals surface area (Å²) in [4.78, 5) is 28.5. The van der Waals surface area contributed by atoms with Gasteiger partial charge in [0.1, 0.15) is 5.65 Å². The number of halogens is 3. The number of anilines is 3. The van der Waals surface area contributed by atoms with Gasteiger partial charge in [0.2, 0.25) is 0 Å². The molecule has 4 aromatic rings. The Balaban J connectivity index is 1.38. The molecule has 7 nitrogen and oxygen atoms in total. The minimum absolute atomic E-state index is 0.0370. The molecule has 5 rings (SSSR count). The molecule has 2 N–H and O–H groups in total. The molecule has 3 heterocycles. The van der Waals surface area contributed by atoms with E-state index < -0.39 is 17.6 Å². The van der Waals surface area contributed by atoms with Crippen LogP contribution in [0.5, 0.6) is 0 Å². The third-order valence-corrected chi connectivity index (χ3v) is 9.18. The lowest BCUT2D eigenvalue weighted by atomic mass is 10.0. The number of aromatic amines is 1. The Morgan fingerprint density at radius 2 is 1.80 bits per heavy atom. The monoisotopic (exact) mass is 624 g/mol. The number of aryl methyl sites for hydroxylation is 1. The maximum absolute atomic E-state index is 14.2. The van der Waals surface area contributed by atoms with Crippen LogP contribution in [-0.4, -0.2) is 70.7 Å². The molecule has 2 aromatic carbocycles. The molecule has 0 saturated carbocycles. The summed E-state index contributed by atoms with van der Waals surface area (Å²) in [5, 5.41) is 4.19. The molecular weight excluding hydrogens is 585 g/mol. The number of rotatable bonds is 9. The van der Waals surface area contributed by atoms with Crippen molar-refractivity contribution in [1.82, 2.24) is 19.8 Å². The zero-order valence-corrected chi connectivity index (χ0v) is 26.6.